The van der Waals surface area contributed by atoms with Gasteiger partial charge in [-0.25, -0.2) is 0 Å². The smallest absolute Gasteiger partial charge is 0.233 e. The number of hydrogen-bond acceptors (Lipinski definition) is 3. The van der Waals surface area contributed by atoms with Crippen LogP contribution < -0.4 is 5.32 Å². The van der Waals surface area contributed by atoms with Crippen molar-refractivity contribution >= 4 is 17.7 Å². The summed E-state index contributed by atoms with van der Waals surface area (Å²) in [6.07, 6.45) is 2.42. The van der Waals surface area contributed by atoms with E-state index in [1.807, 2.05) is 20.8 Å². The number of unbranched alkanes of at least 4 members (excludes halogenated alkanes) is 1. The van der Waals surface area contributed by atoms with Crippen molar-refractivity contribution in [2.75, 3.05) is 13.1 Å². The van der Waals surface area contributed by atoms with Crippen molar-refractivity contribution in [1.29, 1.82) is 0 Å². The molecule has 1 atom stereocenters. The Balaban J connectivity index is 2.46. The highest BCUT2D eigenvalue weighted by Crippen LogP contribution is 2.35. The first-order valence-corrected chi connectivity index (χ1v) is 7.38. The second kappa shape index (κ2) is 6.86. The van der Waals surface area contributed by atoms with Crippen LogP contribution in [0.2, 0.25) is 0 Å². The lowest BCUT2D eigenvalue weighted by Crippen LogP contribution is -2.37. The molecule has 0 aromatic rings. The van der Waals surface area contributed by atoms with Gasteiger partial charge in [0.2, 0.25) is 17.7 Å². The third-order valence-electron chi connectivity index (χ3n) is 3.70. The number of carbonyl (C=O) groups excluding carboxylic acids is 3. The van der Waals surface area contributed by atoms with Gasteiger partial charge in [0.05, 0.1) is 5.92 Å². The Hall–Kier alpha value is -1.39. The van der Waals surface area contributed by atoms with Gasteiger partial charge in [-0.15, -0.1) is 0 Å². The summed E-state index contributed by atoms with van der Waals surface area (Å²) >= 11 is 0. The molecule has 0 aliphatic carbocycles. The van der Waals surface area contributed by atoms with Gasteiger partial charge in [0.25, 0.3) is 0 Å². The molecule has 0 bridgehead atoms. The molecule has 114 valence electrons. The molecule has 0 aromatic carbocycles. The minimum absolute atomic E-state index is 0.0988. The number of rotatable bonds is 6. The molecule has 1 aliphatic rings. The Morgan fingerprint density at radius 2 is 2.00 bits per heavy atom. The number of imide groups is 1. The highest BCUT2D eigenvalue weighted by Gasteiger charge is 2.44. The molecule has 5 nitrogen and oxygen atoms in total. The van der Waals surface area contributed by atoms with E-state index in [4.69, 9.17) is 0 Å². The topological polar surface area (TPSA) is 66.5 Å². The lowest BCUT2D eigenvalue weighted by atomic mass is 9.80. The van der Waals surface area contributed by atoms with Crippen LogP contribution in [0.25, 0.3) is 0 Å². The van der Waals surface area contributed by atoms with E-state index in [1.54, 1.807) is 0 Å². The molecule has 1 heterocycles. The van der Waals surface area contributed by atoms with Crippen LogP contribution in [0.15, 0.2) is 0 Å². The molecule has 0 radical (unpaired) electrons. The summed E-state index contributed by atoms with van der Waals surface area (Å²) in [6.45, 7) is 8.79. The van der Waals surface area contributed by atoms with E-state index in [2.05, 4.69) is 12.2 Å². The van der Waals surface area contributed by atoms with E-state index in [9.17, 15) is 14.4 Å². The predicted molar refractivity (Wildman–Crippen MR) is 76.8 cm³/mol. The monoisotopic (exact) mass is 282 g/mol. The van der Waals surface area contributed by atoms with Gasteiger partial charge >= 0.3 is 0 Å². The first-order chi connectivity index (χ1) is 9.27. The highest BCUT2D eigenvalue weighted by atomic mass is 16.2. The van der Waals surface area contributed by atoms with E-state index in [0.29, 0.717) is 6.54 Å². The molecule has 1 rings (SSSR count). The summed E-state index contributed by atoms with van der Waals surface area (Å²) in [5.41, 5.74) is -0.217. The summed E-state index contributed by atoms with van der Waals surface area (Å²) in [5, 5.41) is 2.79. The molecular formula is C15H26N2O3. The summed E-state index contributed by atoms with van der Waals surface area (Å²) in [4.78, 5) is 36.9. The molecule has 1 N–H and O–H groups in total. The number of nitrogens with one attached hydrogen (secondary N) is 1. The van der Waals surface area contributed by atoms with Crippen LogP contribution in [0.1, 0.15) is 53.4 Å². The third-order valence-corrected chi connectivity index (χ3v) is 3.70. The fourth-order valence-corrected chi connectivity index (χ4v) is 2.30. The average Bonchev–Trinajstić information content (AvgIpc) is 2.63. The van der Waals surface area contributed by atoms with E-state index in [0.717, 1.165) is 12.8 Å². The van der Waals surface area contributed by atoms with Gasteiger partial charge in [-0.05, 0) is 11.8 Å². The van der Waals surface area contributed by atoms with E-state index in [-0.39, 0.29) is 48.4 Å². The minimum Gasteiger partial charge on any atom is -0.356 e. The number of carbonyl (C=O) groups is 3. The maximum Gasteiger partial charge on any atom is 0.233 e. The quantitative estimate of drug-likeness (QED) is 0.596. The maximum atomic E-state index is 12.2. The van der Waals surface area contributed by atoms with Crippen molar-refractivity contribution in [2.24, 2.45) is 11.3 Å². The molecular weight excluding hydrogens is 256 g/mol. The van der Waals surface area contributed by atoms with Crippen LogP contribution in [0.4, 0.5) is 0 Å². The summed E-state index contributed by atoms with van der Waals surface area (Å²) in [5.74, 6) is -0.656. The molecule has 0 spiro atoms. The van der Waals surface area contributed by atoms with Crippen LogP contribution in [-0.4, -0.2) is 35.7 Å². The standard InChI is InChI=1S/C15H26N2O3/c1-5-6-8-16-12(18)7-9-17-13(19)10-11(14(17)20)15(2,3)4/h11H,5-10H2,1-4H3,(H,16,18). The first-order valence-electron chi connectivity index (χ1n) is 7.38. The number of nitrogens with zero attached hydrogens (tertiary/aromatic N) is 1. The second-order valence-electron chi connectivity index (χ2n) is 6.46. The van der Waals surface area contributed by atoms with Gasteiger partial charge in [-0.1, -0.05) is 34.1 Å². The van der Waals surface area contributed by atoms with Gasteiger partial charge < -0.3 is 5.32 Å². The van der Waals surface area contributed by atoms with Crippen molar-refractivity contribution in [3.63, 3.8) is 0 Å². The summed E-state index contributed by atoms with van der Waals surface area (Å²) < 4.78 is 0. The van der Waals surface area contributed by atoms with Crippen molar-refractivity contribution in [3.05, 3.63) is 0 Å². The Labute approximate surface area is 121 Å². The van der Waals surface area contributed by atoms with E-state index in [1.165, 1.54) is 4.90 Å². The lowest BCUT2D eigenvalue weighted by Gasteiger charge is -2.24. The zero-order chi connectivity index (χ0) is 15.3. The van der Waals surface area contributed by atoms with Crippen molar-refractivity contribution < 1.29 is 14.4 Å². The predicted octanol–water partition coefficient (Wildman–Crippen LogP) is 1.71. The van der Waals surface area contributed by atoms with Crippen LogP contribution in [0, 0.1) is 11.3 Å². The zero-order valence-corrected chi connectivity index (χ0v) is 13.0. The van der Waals surface area contributed by atoms with E-state index >= 15 is 0 Å². The van der Waals surface area contributed by atoms with Crippen molar-refractivity contribution in [2.45, 2.75) is 53.4 Å². The molecule has 5 heteroatoms. The Kier molecular flexibility index (Phi) is 5.72. The van der Waals surface area contributed by atoms with Crippen LogP contribution in [-0.2, 0) is 14.4 Å². The third kappa shape index (κ3) is 4.32. The van der Waals surface area contributed by atoms with Gasteiger partial charge in [-0.2, -0.15) is 0 Å². The molecule has 0 aromatic heterocycles. The summed E-state index contributed by atoms with van der Waals surface area (Å²) in [7, 11) is 0. The van der Waals surface area contributed by atoms with E-state index < -0.39 is 0 Å². The first kappa shape index (κ1) is 16.7. The molecule has 1 fully saturated rings. The highest BCUT2D eigenvalue weighted by molar-refractivity contribution is 6.04. The maximum absolute atomic E-state index is 12.2. The molecule has 20 heavy (non-hydrogen) atoms. The normalized spacial score (nSPS) is 19.6. The fourth-order valence-electron chi connectivity index (χ4n) is 2.30. The van der Waals surface area contributed by atoms with Crippen LogP contribution >= 0.6 is 0 Å². The fraction of sp³-hybridized carbons (Fsp3) is 0.800. The van der Waals surface area contributed by atoms with Gasteiger partial charge in [0.1, 0.15) is 0 Å². The Morgan fingerprint density at radius 3 is 2.50 bits per heavy atom. The molecule has 3 amide bonds. The largest absolute Gasteiger partial charge is 0.356 e. The number of likely N-dealkylation sites (tertiary alicyclic amines) is 1. The lowest BCUT2D eigenvalue weighted by molar-refractivity contribution is -0.140. The Bertz CT molecular complexity index is 385. The van der Waals surface area contributed by atoms with Gasteiger partial charge in [0.15, 0.2) is 0 Å². The molecule has 1 saturated heterocycles. The average molecular weight is 282 g/mol. The number of amides is 3. The Morgan fingerprint density at radius 1 is 1.35 bits per heavy atom. The summed E-state index contributed by atoms with van der Waals surface area (Å²) in [6, 6.07) is 0. The number of hydrogen-bond donors (Lipinski definition) is 1. The van der Waals surface area contributed by atoms with Gasteiger partial charge in [-0.3, -0.25) is 19.3 Å². The van der Waals surface area contributed by atoms with Gasteiger partial charge in [0, 0.05) is 25.9 Å². The van der Waals surface area contributed by atoms with Crippen LogP contribution in [0.5, 0.6) is 0 Å². The zero-order valence-electron chi connectivity index (χ0n) is 13.0. The second-order valence-corrected chi connectivity index (χ2v) is 6.46. The van der Waals surface area contributed by atoms with Crippen molar-refractivity contribution in [1.82, 2.24) is 10.2 Å². The van der Waals surface area contributed by atoms with Crippen molar-refractivity contribution in [3.8, 4) is 0 Å². The minimum atomic E-state index is -0.266. The molecule has 1 aliphatic heterocycles. The molecule has 1 unspecified atom stereocenters. The van der Waals surface area contributed by atoms with Crippen LogP contribution in [0.3, 0.4) is 0 Å². The molecule has 0 saturated carbocycles. The SMILES string of the molecule is CCCCNC(=O)CCN1C(=O)CC(C(C)(C)C)C1=O.